The van der Waals surface area contributed by atoms with Gasteiger partial charge >= 0.3 is 5.97 Å². The molecule has 0 radical (unpaired) electrons. The lowest BCUT2D eigenvalue weighted by Gasteiger charge is -2.35. The number of benzene rings is 2. The van der Waals surface area contributed by atoms with Gasteiger partial charge in [-0.3, -0.25) is 4.79 Å². The Balaban J connectivity index is 1.54. The van der Waals surface area contributed by atoms with Gasteiger partial charge in [-0.2, -0.15) is 0 Å². The molecule has 3 rings (SSSR count). The zero-order valence-corrected chi connectivity index (χ0v) is 14.8. The molecule has 0 bridgehead atoms. The summed E-state index contributed by atoms with van der Waals surface area (Å²) in [6.45, 7) is 3.08. The maximum atomic E-state index is 12.4. The Bertz CT molecular complexity index is 777. The van der Waals surface area contributed by atoms with Crippen LogP contribution < -0.4 is 4.90 Å². The maximum absolute atomic E-state index is 12.4. The summed E-state index contributed by atoms with van der Waals surface area (Å²) in [7, 11) is 1.35. The fourth-order valence-electron chi connectivity index (χ4n) is 2.94. The van der Waals surface area contributed by atoms with Gasteiger partial charge in [0.05, 0.1) is 12.7 Å². The molecule has 0 aliphatic carbocycles. The number of anilines is 1. The Morgan fingerprint density at radius 1 is 0.923 bits per heavy atom. The number of amides is 1. The number of carbonyl (C=O) groups excluding carboxylic acids is 2. The van der Waals surface area contributed by atoms with Gasteiger partial charge in [-0.05, 0) is 35.9 Å². The molecule has 0 N–H and O–H groups in total. The van der Waals surface area contributed by atoms with Crippen molar-refractivity contribution in [1.82, 2.24) is 4.90 Å². The number of nitrogens with zero attached hydrogens (tertiary/aromatic N) is 2. The van der Waals surface area contributed by atoms with E-state index in [9.17, 15) is 9.59 Å². The highest BCUT2D eigenvalue weighted by Crippen LogP contribution is 2.16. The maximum Gasteiger partial charge on any atom is 0.337 e. The Morgan fingerprint density at radius 3 is 2.19 bits per heavy atom. The number of rotatable bonds is 4. The van der Waals surface area contributed by atoms with Crippen LogP contribution in [0.25, 0.3) is 6.08 Å². The van der Waals surface area contributed by atoms with Crippen LogP contribution in [-0.2, 0) is 9.53 Å². The van der Waals surface area contributed by atoms with Crippen molar-refractivity contribution >= 4 is 23.6 Å². The number of para-hydroxylation sites is 1. The van der Waals surface area contributed by atoms with E-state index in [0.29, 0.717) is 18.7 Å². The van der Waals surface area contributed by atoms with Crippen LogP contribution in [0.1, 0.15) is 15.9 Å². The Hall–Kier alpha value is -3.08. The van der Waals surface area contributed by atoms with Crippen LogP contribution in [0.15, 0.2) is 60.7 Å². The van der Waals surface area contributed by atoms with Crippen molar-refractivity contribution in [2.75, 3.05) is 38.2 Å². The molecule has 2 aromatic carbocycles. The number of hydrogen-bond acceptors (Lipinski definition) is 4. The smallest absolute Gasteiger partial charge is 0.337 e. The molecule has 0 unspecified atom stereocenters. The molecular formula is C21H22N2O3. The first-order valence-electron chi connectivity index (χ1n) is 8.63. The van der Waals surface area contributed by atoms with E-state index in [4.69, 9.17) is 0 Å². The molecular weight excluding hydrogens is 328 g/mol. The standard InChI is InChI=1S/C21H22N2O3/c1-26-21(25)18-10-7-17(8-11-18)9-12-20(24)23-15-13-22(14-16-23)19-5-3-2-4-6-19/h2-12H,13-16H2,1H3/b12-9+. The highest BCUT2D eigenvalue weighted by molar-refractivity contribution is 5.92. The lowest BCUT2D eigenvalue weighted by Crippen LogP contribution is -2.48. The molecule has 26 heavy (non-hydrogen) atoms. The number of carbonyl (C=O) groups is 2. The third-order valence-corrected chi connectivity index (χ3v) is 4.46. The summed E-state index contributed by atoms with van der Waals surface area (Å²) >= 11 is 0. The van der Waals surface area contributed by atoms with Gasteiger partial charge < -0.3 is 14.5 Å². The van der Waals surface area contributed by atoms with Gasteiger partial charge in [-0.15, -0.1) is 0 Å². The van der Waals surface area contributed by atoms with E-state index < -0.39 is 0 Å². The molecule has 5 nitrogen and oxygen atoms in total. The van der Waals surface area contributed by atoms with Gasteiger partial charge in [0.15, 0.2) is 0 Å². The fraction of sp³-hybridized carbons (Fsp3) is 0.238. The van der Waals surface area contributed by atoms with E-state index in [0.717, 1.165) is 18.7 Å². The van der Waals surface area contributed by atoms with Gasteiger partial charge in [0.1, 0.15) is 0 Å². The van der Waals surface area contributed by atoms with E-state index in [1.165, 1.54) is 12.8 Å². The second-order valence-electron chi connectivity index (χ2n) is 6.09. The highest BCUT2D eigenvalue weighted by atomic mass is 16.5. The average molecular weight is 350 g/mol. The van der Waals surface area contributed by atoms with Crippen LogP contribution in [0.4, 0.5) is 5.69 Å². The molecule has 1 aliphatic rings. The molecule has 0 saturated carbocycles. The predicted molar refractivity (Wildman–Crippen MR) is 102 cm³/mol. The molecule has 0 atom stereocenters. The predicted octanol–water partition coefficient (Wildman–Crippen LogP) is 2.84. The summed E-state index contributed by atoms with van der Waals surface area (Å²) in [5.41, 5.74) is 2.56. The first-order chi connectivity index (χ1) is 12.7. The Morgan fingerprint density at radius 2 is 1.58 bits per heavy atom. The van der Waals surface area contributed by atoms with Gasteiger partial charge in [-0.25, -0.2) is 4.79 Å². The lowest BCUT2D eigenvalue weighted by molar-refractivity contribution is -0.126. The quantitative estimate of drug-likeness (QED) is 0.628. The summed E-state index contributed by atoms with van der Waals surface area (Å²) < 4.78 is 4.67. The number of piperazine rings is 1. The van der Waals surface area contributed by atoms with Gasteiger partial charge in [0.2, 0.25) is 5.91 Å². The number of hydrogen-bond donors (Lipinski definition) is 0. The molecule has 0 aromatic heterocycles. The van der Waals surface area contributed by atoms with Gasteiger partial charge in [0.25, 0.3) is 0 Å². The van der Waals surface area contributed by atoms with Crippen LogP contribution in [0.3, 0.4) is 0 Å². The van der Waals surface area contributed by atoms with E-state index in [-0.39, 0.29) is 11.9 Å². The average Bonchev–Trinajstić information content (AvgIpc) is 2.72. The molecule has 134 valence electrons. The Labute approximate surface area is 153 Å². The molecule has 0 spiro atoms. The van der Waals surface area contributed by atoms with Crippen molar-refractivity contribution in [2.24, 2.45) is 0 Å². The third-order valence-electron chi connectivity index (χ3n) is 4.46. The van der Waals surface area contributed by atoms with Crippen LogP contribution in [0.2, 0.25) is 0 Å². The molecule has 5 heteroatoms. The van der Waals surface area contributed by atoms with Crippen LogP contribution in [0, 0.1) is 0 Å². The summed E-state index contributed by atoms with van der Waals surface area (Å²) in [5, 5.41) is 0. The first-order valence-corrected chi connectivity index (χ1v) is 8.63. The van der Waals surface area contributed by atoms with Crippen LogP contribution in [0.5, 0.6) is 0 Å². The minimum absolute atomic E-state index is 0.00903. The fourth-order valence-corrected chi connectivity index (χ4v) is 2.94. The largest absolute Gasteiger partial charge is 0.465 e. The molecule has 1 aliphatic heterocycles. The molecule has 1 heterocycles. The number of methoxy groups -OCH3 is 1. The van der Waals surface area contributed by atoms with Gasteiger partial charge in [-0.1, -0.05) is 30.3 Å². The molecule has 1 amide bonds. The SMILES string of the molecule is COC(=O)c1ccc(/C=C/C(=O)N2CCN(c3ccccc3)CC2)cc1. The normalized spacial score (nSPS) is 14.5. The zero-order chi connectivity index (χ0) is 18.4. The zero-order valence-electron chi connectivity index (χ0n) is 14.8. The highest BCUT2D eigenvalue weighted by Gasteiger charge is 2.19. The van der Waals surface area contributed by atoms with E-state index in [1.54, 1.807) is 36.4 Å². The van der Waals surface area contributed by atoms with Crippen LogP contribution in [-0.4, -0.2) is 50.1 Å². The summed E-state index contributed by atoms with van der Waals surface area (Å²) in [4.78, 5) is 28.0. The van der Waals surface area contributed by atoms with Gasteiger partial charge in [0, 0.05) is 37.9 Å². The van der Waals surface area contributed by atoms with Crippen molar-refractivity contribution in [3.05, 3.63) is 71.8 Å². The third kappa shape index (κ3) is 4.30. The van der Waals surface area contributed by atoms with Crippen molar-refractivity contribution < 1.29 is 14.3 Å². The van der Waals surface area contributed by atoms with Crippen LogP contribution >= 0.6 is 0 Å². The monoisotopic (exact) mass is 350 g/mol. The Kier molecular flexibility index (Phi) is 5.69. The van der Waals surface area contributed by atoms with Crippen molar-refractivity contribution in [1.29, 1.82) is 0 Å². The molecule has 1 fully saturated rings. The summed E-state index contributed by atoms with van der Waals surface area (Å²) in [5.74, 6) is -0.359. The minimum Gasteiger partial charge on any atom is -0.465 e. The van der Waals surface area contributed by atoms with E-state index in [2.05, 4.69) is 21.8 Å². The number of ether oxygens (including phenoxy) is 1. The van der Waals surface area contributed by atoms with Crippen molar-refractivity contribution in [3.8, 4) is 0 Å². The first kappa shape index (κ1) is 17.7. The van der Waals surface area contributed by atoms with E-state index in [1.807, 2.05) is 23.1 Å². The molecule has 2 aromatic rings. The second kappa shape index (κ2) is 8.34. The van der Waals surface area contributed by atoms with Crippen molar-refractivity contribution in [3.63, 3.8) is 0 Å². The summed E-state index contributed by atoms with van der Waals surface area (Å²) in [6.07, 6.45) is 3.36. The minimum atomic E-state index is -0.368. The topological polar surface area (TPSA) is 49.9 Å². The van der Waals surface area contributed by atoms with Crippen molar-refractivity contribution in [2.45, 2.75) is 0 Å². The number of esters is 1. The molecule has 1 saturated heterocycles. The lowest BCUT2D eigenvalue weighted by atomic mass is 10.1. The van der Waals surface area contributed by atoms with E-state index >= 15 is 0 Å². The summed E-state index contributed by atoms with van der Waals surface area (Å²) in [6, 6.07) is 17.2. The second-order valence-corrected chi connectivity index (χ2v) is 6.09.